The van der Waals surface area contributed by atoms with Gasteiger partial charge < -0.3 is 11.1 Å². The molecule has 0 aliphatic rings. The summed E-state index contributed by atoms with van der Waals surface area (Å²) in [5.41, 5.74) is 6.93. The van der Waals surface area contributed by atoms with Crippen molar-refractivity contribution >= 4 is 5.91 Å². The van der Waals surface area contributed by atoms with Gasteiger partial charge in [0.15, 0.2) is 0 Å². The van der Waals surface area contributed by atoms with Crippen LogP contribution in [0.2, 0.25) is 0 Å². The second-order valence-corrected chi connectivity index (χ2v) is 4.01. The van der Waals surface area contributed by atoms with Crippen LogP contribution in [-0.4, -0.2) is 12.5 Å². The highest BCUT2D eigenvalue weighted by Crippen LogP contribution is 2.05. The second kappa shape index (κ2) is 6.66. The molecule has 0 bridgehead atoms. The van der Waals surface area contributed by atoms with Gasteiger partial charge in [-0.15, -0.1) is 0 Å². The highest BCUT2D eigenvalue weighted by Gasteiger charge is 2.10. The summed E-state index contributed by atoms with van der Waals surface area (Å²) >= 11 is 0. The van der Waals surface area contributed by atoms with Gasteiger partial charge in [-0.3, -0.25) is 4.79 Å². The number of nitrogens with two attached hydrogens (primary N) is 1. The minimum absolute atomic E-state index is 0.00203. The van der Waals surface area contributed by atoms with Gasteiger partial charge in [-0.2, -0.15) is 5.26 Å². The van der Waals surface area contributed by atoms with Gasteiger partial charge >= 0.3 is 0 Å². The number of benzene rings is 1. The van der Waals surface area contributed by atoms with Crippen molar-refractivity contribution in [3.8, 4) is 6.07 Å². The summed E-state index contributed by atoms with van der Waals surface area (Å²) in [5, 5.41) is 11.6. The Kier molecular flexibility index (Phi) is 5.18. The van der Waals surface area contributed by atoms with Crippen LogP contribution in [0, 0.1) is 17.2 Å². The molecule has 0 aliphatic heterocycles. The van der Waals surface area contributed by atoms with Gasteiger partial charge in [0.25, 0.3) is 0 Å². The number of carbonyl (C=O) groups excluding carboxylic acids is 1. The molecule has 0 aromatic heterocycles. The second-order valence-electron chi connectivity index (χ2n) is 4.01. The summed E-state index contributed by atoms with van der Waals surface area (Å²) in [6.45, 7) is 2.82. The minimum atomic E-state index is -0.0702. The van der Waals surface area contributed by atoms with Crippen molar-refractivity contribution in [3.63, 3.8) is 0 Å². The summed E-state index contributed by atoms with van der Waals surface area (Å²) in [4.78, 5) is 11.6. The molecule has 3 N–H and O–H groups in total. The molecule has 0 spiro atoms. The van der Waals surface area contributed by atoms with Crippen LogP contribution in [0.25, 0.3) is 0 Å². The Morgan fingerprint density at radius 2 is 2.35 bits per heavy atom. The number of nitrogens with zero attached hydrogens (tertiary/aromatic N) is 1. The van der Waals surface area contributed by atoms with E-state index in [0.29, 0.717) is 25.1 Å². The van der Waals surface area contributed by atoms with E-state index in [1.165, 1.54) is 0 Å². The third-order valence-corrected chi connectivity index (χ3v) is 2.57. The third-order valence-electron chi connectivity index (χ3n) is 2.57. The van der Waals surface area contributed by atoms with Crippen LogP contribution in [0.5, 0.6) is 0 Å². The molecule has 0 heterocycles. The molecule has 1 atom stereocenters. The smallest absolute Gasteiger partial charge is 0.223 e. The van der Waals surface area contributed by atoms with Gasteiger partial charge in [-0.05, 0) is 30.7 Å². The number of amides is 1. The summed E-state index contributed by atoms with van der Waals surface area (Å²) < 4.78 is 0. The van der Waals surface area contributed by atoms with E-state index in [1.54, 1.807) is 12.1 Å². The lowest BCUT2D eigenvalue weighted by molar-refractivity contribution is -0.124. The van der Waals surface area contributed by atoms with Gasteiger partial charge in [-0.1, -0.05) is 19.1 Å². The summed E-state index contributed by atoms with van der Waals surface area (Å²) in [6.07, 6.45) is 0.685. The van der Waals surface area contributed by atoms with Crippen LogP contribution in [0.1, 0.15) is 24.5 Å². The molecule has 1 unspecified atom stereocenters. The highest BCUT2D eigenvalue weighted by atomic mass is 16.1. The number of nitriles is 1. The standard InChI is InChI=1S/C13H17N3O/c1-10(5-6-14)13(17)16-9-12-4-2-3-11(7-12)8-15/h2-4,7,10H,5-6,9,14H2,1H3,(H,16,17). The number of nitrogens with one attached hydrogen (secondary N) is 1. The maximum absolute atomic E-state index is 11.6. The zero-order chi connectivity index (χ0) is 12.7. The first kappa shape index (κ1) is 13.2. The maximum atomic E-state index is 11.6. The van der Waals surface area contributed by atoms with Crippen molar-refractivity contribution in [3.05, 3.63) is 35.4 Å². The molecular formula is C13H17N3O. The fourth-order valence-corrected chi connectivity index (χ4v) is 1.50. The topological polar surface area (TPSA) is 78.9 Å². The summed E-state index contributed by atoms with van der Waals surface area (Å²) in [5.74, 6) is -0.0723. The minimum Gasteiger partial charge on any atom is -0.352 e. The van der Waals surface area contributed by atoms with Gasteiger partial charge in [0.2, 0.25) is 5.91 Å². The summed E-state index contributed by atoms with van der Waals surface area (Å²) in [7, 11) is 0. The number of rotatable bonds is 5. The molecule has 0 saturated carbocycles. The molecular weight excluding hydrogens is 214 g/mol. The van der Waals surface area contributed by atoms with E-state index < -0.39 is 0 Å². The fourth-order valence-electron chi connectivity index (χ4n) is 1.50. The van der Waals surface area contributed by atoms with Gasteiger partial charge in [-0.25, -0.2) is 0 Å². The van der Waals surface area contributed by atoms with Crippen LogP contribution < -0.4 is 11.1 Å². The van der Waals surface area contributed by atoms with Crippen molar-refractivity contribution < 1.29 is 4.79 Å². The first-order valence-electron chi connectivity index (χ1n) is 5.64. The van der Waals surface area contributed by atoms with Crippen molar-refractivity contribution in [1.29, 1.82) is 5.26 Å². The van der Waals surface area contributed by atoms with Crippen molar-refractivity contribution in [2.24, 2.45) is 11.7 Å². The van der Waals surface area contributed by atoms with E-state index >= 15 is 0 Å². The predicted octanol–water partition coefficient (Wildman–Crippen LogP) is 1.16. The average Bonchev–Trinajstić information content (AvgIpc) is 2.36. The molecule has 1 aromatic rings. The highest BCUT2D eigenvalue weighted by molar-refractivity contribution is 5.78. The number of carbonyl (C=O) groups is 1. The quantitative estimate of drug-likeness (QED) is 0.798. The molecule has 90 valence electrons. The molecule has 4 nitrogen and oxygen atoms in total. The van der Waals surface area contributed by atoms with E-state index in [2.05, 4.69) is 11.4 Å². The molecule has 1 amide bonds. The molecule has 0 aliphatic carbocycles. The number of hydrogen-bond acceptors (Lipinski definition) is 3. The van der Waals surface area contributed by atoms with Crippen molar-refractivity contribution in [1.82, 2.24) is 5.32 Å². The van der Waals surface area contributed by atoms with E-state index in [-0.39, 0.29) is 11.8 Å². The third kappa shape index (κ3) is 4.25. The van der Waals surface area contributed by atoms with E-state index in [1.807, 2.05) is 19.1 Å². The normalized spacial score (nSPS) is 11.6. The Bertz CT molecular complexity index is 423. The molecule has 0 saturated heterocycles. The molecule has 4 heteroatoms. The Labute approximate surface area is 101 Å². The van der Waals surface area contributed by atoms with Gasteiger partial charge in [0.1, 0.15) is 0 Å². The van der Waals surface area contributed by atoms with Gasteiger partial charge in [0, 0.05) is 12.5 Å². The largest absolute Gasteiger partial charge is 0.352 e. The van der Waals surface area contributed by atoms with Gasteiger partial charge in [0.05, 0.1) is 11.6 Å². The molecule has 17 heavy (non-hydrogen) atoms. The first-order chi connectivity index (χ1) is 8.17. The zero-order valence-electron chi connectivity index (χ0n) is 9.94. The Hall–Kier alpha value is -1.86. The zero-order valence-corrected chi connectivity index (χ0v) is 9.94. The molecule has 0 radical (unpaired) electrons. The molecule has 1 rings (SSSR count). The molecule has 1 aromatic carbocycles. The average molecular weight is 231 g/mol. The lowest BCUT2D eigenvalue weighted by Gasteiger charge is -2.11. The Morgan fingerprint density at radius 1 is 1.59 bits per heavy atom. The van der Waals surface area contributed by atoms with Crippen LogP contribution in [0.3, 0.4) is 0 Å². The van der Waals surface area contributed by atoms with E-state index in [9.17, 15) is 4.79 Å². The maximum Gasteiger partial charge on any atom is 0.223 e. The van der Waals surface area contributed by atoms with Crippen LogP contribution in [0.4, 0.5) is 0 Å². The van der Waals surface area contributed by atoms with Crippen molar-refractivity contribution in [2.75, 3.05) is 6.54 Å². The van der Waals surface area contributed by atoms with Crippen LogP contribution >= 0.6 is 0 Å². The van der Waals surface area contributed by atoms with Crippen molar-refractivity contribution in [2.45, 2.75) is 19.9 Å². The lowest BCUT2D eigenvalue weighted by atomic mass is 10.1. The SMILES string of the molecule is CC(CCN)C(=O)NCc1cccc(C#N)c1. The van der Waals surface area contributed by atoms with E-state index in [4.69, 9.17) is 11.0 Å². The summed E-state index contributed by atoms with van der Waals surface area (Å²) in [6, 6.07) is 9.27. The van der Waals surface area contributed by atoms with Crippen LogP contribution in [0.15, 0.2) is 24.3 Å². The fraction of sp³-hybridized carbons (Fsp3) is 0.385. The predicted molar refractivity (Wildman–Crippen MR) is 65.8 cm³/mol. The van der Waals surface area contributed by atoms with Crippen LogP contribution in [-0.2, 0) is 11.3 Å². The first-order valence-corrected chi connectivity index (χ1v) is 5.64. The Morgan fingerprint density at radius 3 is 3.00 bits per heavy atom. The monoisotopic (exact) mass is 231 g/mol. The number of hydrogen-bond donors (Lipinski definition) is 2. The van der Waals surface area contributed by atoms with E-state index in [0.717, 1.165) is 5.56 Å². The lowest BCUT2D eigenvalue weighted by Crippen LogP contribution is -2.29. The molecule has 0 fully saturated rings. The Balaban J connectivity index is 2.50.